The van der Waals surface area contributed by atoms with Gasteiger partial charge in [-0.25, -0.2) is 0 Å². The molecule has 1 amide bonds. The number of nitrogens with one attached hydrogen (secondary N) is 1. The largest absolute Gasteiger partial charge is 0.384 e. The van der Waals surface area contributed by atoms with E-state index in [1.165, 1.54) is 29.8 Å². The number of hydrogen-bond acceptors (Lipinski definition) is 3. The maximum absolute atomic E-state index is 13.0. The van der Waals surface area contributed by atoms with Crippen LogP contribution < -0.4 is 0 Å². The highest BCUT2D eigenvalue weighted by Gasteiger charge is 2.46. The number of aromatic amines is 1. The SMILES string of the molecule is COCC1(C(=O)N2CCc3[nH]nc(C4CC4)c3CC2)CCC1. The van der Waals surface area contributed by atoms with Crippen LogP contribution in [0.2, 0.25) is 0 Å². The van der Waals surface area contributed by atoms with Gasteiger partial charge in [-0.1, -0.05) is 6.42 Å². The predicted molar refractivity (Wildman–Crippen MR) is 82.7 cm³/mol. The van der Waals surface area contributed by atoms with Crippen LogP contribution in [0.5, 0.6) is 0 Å². The van der Waals surface area contributed by atoms with Crippen LogP contribution in [0.15, 0.2) is 0 Å². The number of carbonyl (C=O) groups excluding carboxylic acids is 1. The van der Waals surface area contributed by atoms with Gasteiger partial charge in [0.1, 0.15) is 0 Å². The molecule has 0 saturated heterocycles. The molecular weight excluding hydrogens is 278 g/mol. The van der Waals surface area contributed by atoms with E-state index in [1.807, 2.05) is 0 Å². The summed E-state index contributed by atoms with van der Waals surface area (Å²) in [4.78, 5) is 15.0. The topological polar surface area (TPSA) is 58.2 Å². The molecule has 2 saturated carbocycles. The van der Waals surface area contributed by atoms with E-state index < -0.39 is 0 Å². The molecular formula is C17H25N3O2. The molecule has 0 bridgehead atoms. The van der Waals surface area contributed by atoms with Gasteiger partial charge in [-0.2, -0.15) is 5.10 Å². The number of amides is 1. The van der Waals surface area contributed by atoms with E-state index in [2.05, 4.69) is 15.1 Å². The molecule has 0 aromatic carbocycles. The first-order chi connectivity index (χ1) is 10.7. The van der Waals surface area contributed by atoms with Gasteiger partial charge in [0.05, 0.1) is 17.7 Å². The summed E-state index contributed by atoms with van der Waals surface area (Å²) in [6.07, 6.45) is 7.52. The Morgan fingerprint density at radius 3 is 2.77 bits per heavy atom. The molecule has 0 atom stereocenters. The number of aromatic nitrogens is 2. The Balaban J connectivity index is 1.48. The molecule has 120 valence electrons. The standard InChI is InChI=1S/C17H25N3O2/c1-22-11-17(7-2-8-17)16(21)20-9-5-13-14(6-10-20)18-19-15(13)12-3-4-12/h12H,2-11H2,1H3,(H,18,19). The lowest BCUT2D eigenvalue weighted by Gasteiger charge is -2.42. The van der Waals surface area contributed by atoms with Gasteiger partial charge in [-0.15, -0.1) is 0 Å². The zero-order valence-corrected chi connectivity index (χ0v) is 13.4. The lowest BCUT2D eigenvalue weighted by atomic mass is 9.68. The van der Waals surface area contributed by atoms with E-state index in [1.54, 1.807) is 7.11 Å². The second kappa shape index (κ2) is 5.37. The van der Waals surface area contributed by atoms with Crippen molar-refractivity contribution in [2.75, 3.05) is 26.8 Å². The van der Waals surface area contributed by atoms with Crippen molar-refractivity contribution >= 4 is 5.91 Å². The Hall–Kier alpha value is -1.36. The molecule has 2 fully saturated rings. The summed E-state index contributed by atoms with van der Waals surface area (Å²) >= 11 is 0. The summed E-state index contributed by atoms with van der Waals surface area (Å²) < 4.78 is 5.33. The third-order valence-corrected chi connectivity index (χ3v) is 5.68. The van der Waals surface area contributed by atoms with Crippen molar-refractivity contribution in [1.82, 2.24) is 15.1 Å². The minimum Gasteiger partial charge on any atom is -0.384 e. The molecule has 3 aliphatic rings. The van der Waals surface area contributed by atoms with Crippen LogP contribution in [0.4, 0.5) is 0 Å². The summed E-state index contributed by atoms with van der Waals surface area (Å²) in [6.45, 7) is 2.21. The first kappa shape index (κ1) is 14.2. The van der Waals surface area contributed by atoms with Crippen LogP contribution >= 0.6 is 0 Å². The number of H-pyrrole nitrogens is 1. The smallest absolute Gasteiger partial charge is 0.231 e. The van der Waals surface area contributed by atoms with E-state index >= 15 is 0 Å². The maximum atomic E-state index is 13.0. The predicted octanol–water partition coefficient (Wildman–Crippen LogP) is 2.03. The van der Waals surface area contributed by atoms with E-state index in [4.69, 9.17) is 4.74 Å². The fraction of sp³-hybridized carbons (Fsp3) is 0.765. The molecule has 1 aromatic heterocycles. The molecule has 0 spiro atoms. The van der Waals surface area contributed by atoms with Crippen LogP contribution in [0, 0.1) is 5.41 Å². The number of fused-ring (bicyclic) bond motifs is 1. The zero-order valence-electron chi connectivity index (χ0n) is 13.4. The summed E-state index contributed by atoms with van der Waals surface area (Å²) in [5.74, 6) is 0.986. The molecule has 0 radical (unpaired) electrons. The number of carbonyl (C=O) groups is 1. The lowest BCUT2D eigenvalue weighted by molar-refractivity contribution is -0.152. The van der Waals surface area contributed by atoms with E-state index in [-0.39, 0.29) is 5.41 Å². The van der Waals surface area contributed by atoms with E-state index in [0.717, 1.165) is 45.2 Å². The van der Waals surface area contributed by atoms with Crippen molar-refractivity contribution in [2.24, 2.45) is 5.41 Å². The Morgan fingerprint density at radius 2 is 2.14 bits per heavy atom. The first-order valence-corrected chi connectivity index (χ1v) is 8.58. The molecule has 4 rings (SSSR count). The van der Waals surface area contributed by atoms with Crippen molar-refractivity contribution < 1.29 is 9.53 Å². The fourth-order valence-corrected chi connectivity index (χ4v) is 4.04. The Kier molecular flexibility index (Phi) is 3.48. The van der Waals surface area contributed by atoms with Crippen molar-refractivity contribution in [2.45, 2.75) is 50.9 Å². The Bertz CT molecular complexity index is 572. The third-order valence-electron chi connectivity index (χ3n) is 5.68. The second-order valence-electron chi connectivity index (χ2n) is 7.20. The van der Waals surface area contributed by atoms with Gasteiger partial charge in [0.15, 0.2) is 0 Å². The van der Waals surface area contributed by atoms with Crippen LogP contribution in [0.1, 0.15) is 55.0 Å². The molecule has 2 heterocycles. The third kappa shape index (κ3) is 2.26. The molecule has 1 N–H and O–H groups in total. The monoisotopic (exact) mass is 303 g/mol. The minimum absolute atomic E-state index is 0.232. The Labute approximate surface area is 131 Å². The summed E-state index contributed by atoms with van der Waals surface area (Å²) in [7, 11) is 1.70. The highest BCUT2D eigenvalue weighted by atomic mass is 16.5. The molecule has 2 aliphatic carbocycles. The number of ether oxygens (including phenoxy) is 1. The van der Waals surface area contributed by atoms with Gasteiger partial charge < -0.3 is 9.64 Å². The van der Waals surface area contributed by atoms with Crippen LogP contribution in [0.25, 0.3) is 0 Å². The van der Waals surface area contributed by atoms with Gasteiger partial charge in [0, 0.05) is 38.2 Å². The molecule has 5 heteroatoms. The summed E-state index contributed by atoms with van der Waals surface area (Å²) in [5, 5.41) is 7.75. The van der Waals surface area contributed by atoms with E-state index in [9.17, 15) is 4.79 Å². The fourth-order valence-electron chi connectivity index (χ4n) is 4.04. The lowest BCUT2D eigenvalue weighted by Crippen LogP contribution is -2.51. The highest BCUT2D eigenvalue weighted by Crippen LogP contribution is 2.44. The highest BCUT2D eigenvalue weighted by molar-refractivity contribution is 5.84. The molecule has 1 aliphatic heterocycles. The van der Waals surface area contributed by atoms with Crippen LogP contribution in [-0.4, -0.2) is 47.8 Å². The molecule has 22 heavy (non-hydrogen) atoms. The average molecular weight is 303 g/mol. The molecule has 1 aromatic rings. The van der Waals surface area contributed by atoms with Gasteiger partial charge in [0.25, 0.3) is 0 Å². The van der Waals surface area contributed by atoms with Crippen molar-refractivity contribution in [3.8, 4) is 0 Å². The molecule has 0 unspecified atom stereocenters. The number of hydrogen-bond donors (Lipinski definition) is 1. The summed E-state index contributed by atoms with van der Waals surface area (Å²) in [6, 6.07) is 0. The second-order valence-corrected chi connectivity index (χ2v) is 7.20. The normalized spacial score (nSPS) is 23.6. The van der Waals surface area contributed by atoms with Crippen LogP contribution in [0.3, 0.4) is 0 Å². The van der Waals surface area contributed by atoms with Gasteiger partial charge in [0.2, 0.25) is 5.91 Å². The zero-order chi connectivity index (χ0) is 15.2. The van der Waals surface area contributed by atoms with Crippen LogP contribution in [-0.2, 0) is 22.4 Å². The quantitative estimate of drug-likeness (QED) is 0.926. The number of nitrogens with zero attached hydrogens (tertiary/aromatic N) is 2. The summed E-state index contributed by atoms with van der Waals surface area (Å²) in [5.41, 5.74) is 3.70. The van der Waals surface area contributed by atoms with Crippen molar-refractivity contribution in [3.63, 3.8) is 0 Å². The van der Waals surface area contributed by atoms with Gasteiger partial charge in [-0.3, -0.25) is 9.89 Å². The van der Waals surface area contributed by atoms with E-state index in [0.29, 0.717) is 18.4 Å². The van der Waals surface area contributed by atoms with Gasteiger partial charge in [-0.05, 0) is 37.7 Å². The Morgan fingerprint density at radius 1 is 1.36 bits per heavy atom. The van der Waals surface area contributed by atoms with Crippen molar-refractivity contribution in [3.05, 3.63) is 17.0 Å². The maximum Gasteiger partial charge on any atom is 0.231 e. The number of rotatable bonds is 4. The average Bonchev–Trinajstić information content (AvgIpc) is 3.28. The van der Waals surface area contributed by atoms with Crippen molar-refractivity contribution in [1.29, 1.82) is 0 Å². The minimum atomic E-state index is -0.232. The van der Waals surface area contributed by atoms with Gasteiger partial charge >= 0.3 is 0 Å². The molecule has 5 nitrogen and oxygen atoms in total. The number of methoxy groups -OCH3 is 1. The first-order valence-electron chi connectivity index (χ1n) is 8.58.